The number of likely N-dealkylation sites (N-methyl/N-ethyl adjacent to an activating group) is 1. The lowest BCUT2D eigenvalue weighted by Crippen LogP contribution is -2.24. The molecule has 0 saturated carbocycles. The van der Waals surface area contributed by atoms with Crippen molar-refractivity contribution in [2.24, 2.45) is 0 Å². The summed E-state index contributed by atoms with van der Waals surface area (Å²) in [5.41, 5.74) is 1.03. The second-order valence-corrected chi connectivity index (χ2v) is 3.63. The number of nitrogens with zero attached hydrogens (tertiary/aromatic N) is 2. The van der Waals surface area contributed by atoms with Crippen LogP contribution in [0.1, 0.15) is 6.92 Å². The third-order valence-corrected chi connectivity index (χ3v) is 2.44. The summed E-state index contributed by atoms with van der Waals surface area (Å²) in [5, 5.41) is 13.6. The van der Waals surface area contributed by atoms with Gasteiger partial charge in [0, 0.05) is 30.9 Å². The van der Waals surface area contributed by atoms with Crippen molar-refractivity contribution < 1.29 is 4.92 Å². The minimum absolute atomic E-state index is 0.122. The predicted octanol–water partition coefficient (Wildman–Crippen LogP) is 1.96. The SMILES string of the molecule is CCN(C)CCNc1ccc([N+](=O)[O-])cc1. The average molecular weight is 223 g/mol. The maximum Gasteiger partial charge on any atom is 0.269 e. The van der Waals surface area contributed by atoms with Crippen molar-refractivity contribution >= 4 is 11.4 Å². The van der Waals surface area contributed by atoms with E-state index in [1.165, 1.54) is 12.1 Å². The third kappa shape index (κ3) is 3.86. The van der Waals surface area contributed by atoms with Crippen molar-refractivity contribution in [2.75, 3.05) is 32.0 Å². The Kier molecular flexibility index (Phi) is 4.72. The van der Waals surface area contributed by atoms with Gasteiger partial charge in [0.2, 0.25) is 0 Å². The van der Waals surface area contributed by atoms with Gasteiger partial charge in [0.15, 0.2) is 0 Å². The van der Waals surface area contributed by atoms with Gasteiger partial charge in [-0.2, -0.15) is 0 Å². The Morgan fingerprint density at radius 3 is 2.50 bits per heavy atom. The zero-order valence-electron chi connectivity index (χ0n) is 9.64. The number of anilines is 1. The van der Waals surface area contributed by atoms with Crippen LogP contribution in [0, 0.1) is 10.1 Å². The van der Waals surface area contributed by atoms with Crippen LogP contribution in [0.3, 0.4) is 0 Å². The van der Waals surface area contributed by atoms with Crippen molar-refractivity contribution in [3.05, 3.63) is 34.4 Å². The topological polar surface area (TPSA) is 58.4 Å². The van der Waals surface area contributed by atoms with E-state index in [1.54, 1.807) is 12.1 Å². The van der Waals surface area contributed by atoms with Gasteiger partial charge in [-0.25, -0.2) is 0 Å². The summed E-state index contributed by atoms with van der Waals surface area (Å²) >= 11 is 0. The fourth-order valence-electron chi connectivity index (χ4n) is 1.25. The summed E-state index contributed by atoms with van der Waals surface area (Å²) in [7, 11) is 2.05. The van der Waals surface area contributed by atoms with Crippen LogP contribution in [0.4, 0.5) is 11.4 Å². The summed E-state index contributed by atoms with van der Waals surface area (Å²) in [4.78, 5) is 12.2. The number of hydrogen-bond donors (Lipinski definition) is 1. The normalized spacial score (nSPS) is 10.4. The van der Waals surface area contributed by atoms with Gasteiger partial charge in [0.1, 0.15) is 0 Å². The molecule has 0 aliphatic rings. The molecule has 0 aliphatic carbocycles. The molecule has 0 aromatic heterocycles. The van der Waals surface area contributed by atoms with E-state index in [-0.39, 0.29) is 5.69 Å². The lowest BCUT2D eigenvalue weighted by atomic mass is 10.3. The Labute approximate surface area is 95.2 Å². The average Bonchev–Trinajstić information content (AvgIpc) is 2.29. The molecule has 0 spiro atoms. The summed E-state index contributed by atoms with van der Waals surface area (Å²) in [6, 6.07) is 6.46. The first kappa shape index (κ1) is 12.4. The first-order chi connectivity index (χ1) is 7.63. The number of nitro benzene ring substituents is 1. The van der Waals surface area contributed by atoms with E-state index in [9.17, 15) is 10.1 Å². The van der Waals surface area contributed by atoms with Crippen LogP contribution in [-0.2, 0) is 0 Å². The van der Waals surface area contributed by atoms with Crippen LogP contribution in [0.5, 0.6) is 0 Å². The van der Waals surface area contributed by atoms with Gasteiger partial charge in [-0.1, -0.05) is 6.92 Å². The molecular weight excluding hydrogens is 206 g/mol. The molecule has 0 bridgehead atoms. The second-order valence-electron chi connectivity index (χ2n) is 3.63. The van der Waals surface area contributed by atoms with E-state index >= 15 is 0 Å². The standard InChI is InChI=1S/C11H17N3O2/c1-3-13(2)9-8-12-10-4-6-11(7-5-10)14(15)16/h4-7,12H,3,8-9H2,1-2H3. The number of benzene rings is 1. The Balaban J connectivity index is 2.40. The van der Waals surface area contributed by atoms with Gasteiger partial charge in [0.25, 0.3) is 5.69 Å². The van der Waals surface area contributed by atoms with E-state index < -0.39 is 4.92 Å². The van der Waals surface area contributed by atoms with E-state index in [0.717, 1.165) is 25.3 Å². The lowest BCUT2D eigenvalue weighted by molar-refractivity contribution is -0.384. The van der Waals surface area contributed by atoms with Gasteiger partial charge in [-0.05, 0) is 25.7 Å². The fourth-order valence-corrected chi connectivity index (χ4v) is 1.25. The summed E-state index contributed by atoms with van der Waals surface area (Å²) < 4.78 is 0. The molecule has 0 aliphatic heterocycles. The maximum atomic E-state index is 10.4. The van der Waals surface area contributed by atoms with Gasteiger partial charge in [-0.3, -0.25) is 10.1 Å². The van der Waals surface area contributed by atoms with Crippen LogP contribution in [0.25, 0.3) is 0 Å². The molecule has 88 valence electrons. The van der Waals surface area contributed by atoms with Crippen molar-refractivity contribution in [3.63, 3.8) is 0 Å². The van der Waals surface area contributed by atoms with E-state index in [1.807, 2.05) is 0 Å². The smallest absolute Gasteiger partial charge is 0.269 e. The molecule has 0 fully saturated rings. The molecule has 5 heteroatoms. The van der Waals surface area contributed by atoms with Gasteiger partial charge < -0.3 is 10.2 Å². The number of non-ortho nitro benzene ring substituents is 1. The molecule has 1 N–H and O–H groups in total. The van der Waals surface area contributed by atoms with Crippen molar-refractivity contribution in [1.29, 1.82) is 0 Å². The Morgan fingerprint density at radius 2 is 2.00 bits per heavy atom. The number of nitro groups is 1. The highest BCUT2D eigenvalue weighted by Gasteiger charge is 2.03. The first-order valence-electron chi connectivity index (χ1n) is 5.30. The Bertz CT molecular complexity index is 338. The quantitative estimate of drug-likeness (QED) is 0.591. The van der Waals surface area contributed by atoms with E-state index in [0.29, 0.717) is 0 Å². The predicted molar refractivity (Wildman–Crippen MR) is 64.8 cm³/mol. The highest BCUT2D eigenvalue weighted by molar-refractivity contribution is 5.48. The van der Waals surface area contributed by atoms with Crippen molar-refractivity contribution in [1.82, 2.24) is 4.90 Å². The fraction of sp³-hybridized carbons (Fsp3) is 0.455. The molecule has 1 aromatic rings. The van der Waals surface area contributed by atoms with Gasteiger partial charge in [-0.15, -0.1) is 0 Å². The van der Waals surface area contributed by atoms with E-state index in [4.69, 9.17) is 0 Å². The van der Waals surface area contributed by atoms with Crippen molar-refractivity contribution in [3.8, 4) is 0 Å². The zero-order chi connectivity index (χ0) is 12.0. The maximum absolute atomic E-state index is 10.4. The summed E-state index contributed by atoms with van der Waals surface area (Å²) in [6.45, 7) is 4.91. The number of hydrogen-bond acceptors (Lipinski definition) is 4. The molecule has 1 aromatic carbocycles. The lowest BCUT2D eigenvalue weighted by Gasteiger charge is -2.14. The first-order valence-corrected chi connectivity index (χ1v) is 5.30. The van der Waals surface area contributed by atoms with Crippen LogP contribution < -0.4 is 5.32 Å². The summed E-state index contributed by atoms with van der Waals surface area (Å²) in [5.74, 6) is 0. The zero-order valence-corrected chi connectivity index (χ0v) is 9.64. The number of nitrogens with one attached hydrogen (secondary N) is 1. The highest BCUT2D eigenvalue weighted by Crippen LogP contribution is 2.14. The Morgan fingerprint density at radius 1 is 1.38 bits per heavy atom. The van der Waals surface area contributed by atoms with Gasteiger partial charge in [0.05, 0.1) is 4.92 Å². The molecule has 5 nitrogen and oxygen atoms in total. The van der Waals surface area contributed by atoms with Crippen LogP contribution in [-0.4, -0.2) is 36.5 Å². The molecule has 0 unspecified atom stereocenters. The van der Waals surface area contributed by atoms with Gasteiger partial charge >= 0.3 is 0 Å². The van der Waals surface area contributed by atoms with Crippen LogP contribution in [0.15, 0.2) is 24.3 Å². The monoisotopic (exact) mass is 223 g/mol. The summed E-state index contributed by atoms with van der Waals surface area (Å²) in [6.07, 6.45) is 0. The minimum Gasteiger partial charge on any atom is -0.384 e. The van der Waals surface area contributed by atoms with Crippen LogP contribution in [0.2, 0.25) is 0 Å². The number of rotatable bonds is 6. The highest BCUT2D eigenvalue weighted by atomic mass is 16.6. The second kappa shape index (κ2) is 6.07. The molecule has 16 heavy (non-hydrogen) atoms. The molecule has 0 amide bonds. The minimum atomic E-state index is -0.394. The molecule has 0 heterocycles. The molecule has 0 atom stereocenters. The third-order valence-electron chi connectivity index (χ3n) is 2.44. The molecular formula is C11H17N3O2. The largest absolute Gasteiger partial charge is 0.384 e. The molecule has 0 saturated heterocycles. The molecule has 1 rings (SSSR count). The molecule has 0 radical (unpaired) electrons. The van der Waals surface area contributed by atoms with Crippen LogP contribution >= 0.6 is 0 Å². The van der Waals surface area contributed by atoms with Crippen molar-refractivity contribution in [2.45, 2.75) is 6.92 Å². The van der Waals surface area contributed by atoms with E-state index in [2.05, 4.69) is 24.2 Å². The Hall–Kier alpha value is -1.62.